The SMILES string of the molecule is Cc1ccc(CN(CCc2ccccc2)C(=O)Cc2csc(NC(=O)Cc3cccs3)n2)s1. The predicted octanol–water partition coefficient (Wildman–Crippen LogP) is 5.57. The number of carbonyl (C=O) groups excluding carboxylic acids is 2. The maximum Gasteiger partial charge on any atom is 0.231 e. The zero-order valence-electron chi connectivity index (χ0n) is 18.3. The first kappa shape index (κ1) is 23.4. The second-order valence-electron chi connectivity index (χ2n) is 7.69. The highest BCUT2D eigenvalue weighted by Crippen LogP contribution is 2.20. The van der Waals surface area contributed by atoms with Gasteiger partial charge in [-0.25, -0.2) is 4.98 Å². The number of nitrogens with one attached hydrogen (secondary N) is 1. The fourth-order valence-corrected chi connectivity index (χ4v) is 5.74. The van der Waals surface area contributed by atoms with Crippen LogP contribution in [0.25, 0.3) is 0 Å². The molecule has 3 aromatic heterocycles. The number of anilines is 1. The Bertz CT molecular complexity index is 1180. The minimum absolute atomic E-state index is 0.0405. The highest BCUT2D eigenvalue weighted by molar-refractivity contribution is 7.14. The Morgan fingerprint density at radius 1 is 0.970 bits per heavy atom. The Balaban J connectivity index is 1.37. The van der Waals surface area contributed by atoms with Gasteiger partial charge in [0.1, 0.15) is 0 Å². The van der Waals surface area contributed by atoms with Crippen molar-refractivity contribution in [2.75, 3.05) is 11.9 Å². The molecule has 1 aromatic carbocycles. The molecule has 0 atom stereocenters. The average molecular weight is 496 g/mol. The molecular formula is C25H25N3O2S3. The Morgan fingerprint density at radius 3 is 2.55 bits per heavy atom. The predicted molar refractivity (Wildman–Crippen MR) is 137 cm³/mol. The quantitative estimate of drug-likeness (QED) is 0.313. The number of benzene rings is 1. The summed E-state index contributed by atoms with van der Waals surface area (Å²) in [7, 11) is 0. The smallest absolute Gasteiger partial charge is 0.231 e. The van der Waals surface area contributed by atoms with Crippen LogP contribution in [-0.4, -0.2) is 28.2 Å². The molecule has 0 aliphatic carbocycles. The number of thiazole rings is 1. The van der Waals surface area contributed by atoms with Gasteiger partial charge in [0.25, 0.3) is 0 Å². The van der Waals surface area contributed by atoms with E-state index in [-0.39, 0.29) is 18.2 Å². The minimum atomic E-state index is -0.0952. The fourth-order valence-electron chi connectivity index (χ4n) is 3.41. The van der Waals surface area contributed by atoms with E-state index in [2.05, 4.69) is 41.5 Å². The lowest BCUT2D eigenvalue weighted by atomic mass is 10.1. The summed E-state index contributed by atoms with van der Waals surface area (Å²) in [6, 6.07) is 18.3. The second-order valence-corrected chi connectivity index (χ2v) is 11.0. The van der Waals surface area contributed by atoms with Crippen molar-refractivity contribution in [1.82, 2.24) is 9.88 Å². The standard InChI is InChI=1S/C25H25N3O2S3/c1-18-9-10-22(33-18)16-28(12-11-19-6-3-2-4-7-19)24(30)14-20-17-32-25(26-20)27-23(29)15-21-8-5-13-31-21/h2-10,13,17H,11-12,14-16H2,1H3,(H,26,27,29). The van der Waals surface area contributed by atoms with Crippen LogP contribution in [0.2, 0.25) is 0 Å². The first-order valence-electron chi connectivity index (χ1n) is 10.7. The van der Waals surface area contributed by atoms with Gasteiger partial charge >= 0.3 is 0 Å². The van der Waals surface area contributed by atoms with Gasteiger partial charge in [-0.3, -0.25) is 9.59 Å². The number of aryl methyl sites for hydroxylation is 1. The van der Waals surface area contributed by atoms with Crippen molar-refractivity contribution in [3.63, 3.8) is 0 Å². The molecule has 0 radical (unpaired) electrons. The van der Waals surface area contributed by atoms with E-state index in [0.717, 1.165) is 11.3 Å². The van der Waals surface area contributed by atoms with Crippen molar-refractivity contribution in [2.24, 2.45) is 0 Å². The van der Waals surface area contributed by atoms with Crippen molar-refractivity contribution in [3.8, 4) is 0 Å². The third kappa shape index (κ3) is 7.08. The number of rotatable bonds is 10. The lowest BCUT2D eigenvalue weighted by Crippen LogP contribution is -2.33. The summed E-state index contributed by atoms with van der Waals surface area (Å²) in [5.74, 6) is -0.0547. The van der Waals surface area contributed by atoms with E-state index in [1.54, 1.807) is 22.7 Å². The summed E-state index contributed by atoms with van der Waals surface area (Å²) in [6.45, 7) is 3.32. The maximum absolute atomic E-state index is 13.2. The first-order chi connectivity index (χ1) is 16.0. The molecule has 3 heterocycles. The molecule has 1 N–H and O–H groups in total. The van der Waals surface area contributed by atoms with Crippen LogP contribution in [0.1, 0.15) is 25.9 Å². The molecule has 2 amide bonds. The summed E-state index contributed by atoms with van der Waals surface area (Å²) in [5.41, 5.74) is 1.89. The topological polar surface area (TPSA) is 62.3 Å². The lowest BCUT2D eigenvalue weighted by molar-refractivity contribution is -0.131. The molecule has 4 rings (SSSR count). The van der Waals surface area contributed by atoms with E-state index >= 15 is 0 Å². The van der Waals surface area contributed by atoms with E-state index in [1.165, 1.54) is 26.7 Å². The number of hydrogen-bond donors (Lipinski definition) is 1. The lowest BCUT2D eigenvalue weighted by Gasteiger charge is -2.22. The van der Waals surface area contributed by atoms with Gasteiger partial charge in [-0.05, 0) is 42.5 Å². The highest BCUT2D eigenvalue weighted by atomic mass is 32.1. The highest BCUT2D eigenvalue weighted by Gasteiger charge is 2.18. The van der Waals surface area contributed by atoms with Crippen molar-refractivity contribution in [3.05, 3.63) is 91.2 Å². The molecule has 170 valence electrons. The average Bonchev–Trinajstić information content (AvgIpc) is 3.55. The second kappa shape index (κ2) is 11.4. The van der Waals surface area contributed by atoms with Gasteiger partial charge in [0.2, 0.25) is 11.8 Å². The van der Waals surface area contributed by atoms with Crippen LogP contribution in [0.15, 0.2) is 65.4 Å². The summed E-state index contributed by atoms with van der Waals surface area (Å²) in [5, 5.41) is 7.18. The van der Waals surface area contributed by atoms with Crippen LogP contribution < -0.4 is 5.32 Å². The number of carbonyl (C=O) groups is 2. The van der Waals surface area contributed by atoms with Gasteiger partial charge in [-0.15, -0.1) is 34.0 Å². The Morgan fingerprint density at radius 2 is 1.82 bits per heavy atom. The van der Waals surface area contributed by atoms with Crippen molar-refractivity contribution in [2.45, 2.75) is 32.7 Å². The van der Waals surface area contributed by atoms with Crippen LogP contribution in [0.4, 0.5) is 5.13 Å². The molecule has 8 heteroatoms. The van der Waals surface area contributed by atoms with Crippen molar-refractivity contribution >= 4 is 51.0 Å². The van der Waals surface area contributed by atoms with Crippen LogP contribution in [-0.2, 0) is 35.4 Å². The molecule has 0 aliphatic rings. The van der Waals surface area contributed by atoms with Gasteiger partial charge in [0, 0.05) is 26.6 Å². The molecule has 0 saturated carbocycles. The third-order valence-corrected chi connectivity index (χ3v) is 7.72. The van der Waals surface area contributed by atoms with E-state index in [9.17, 15) is 9.59 Å². The van der Waals surface area contributed by atoms with Crippen LogP contribution in [0, 0.1) is 6.92 Å². The summed E-state index contributed by atoms with van der Waals surface area (Å²) < 4.78 is 0. The fraction of sp³-hybridized carbons (Fsp3) is 0.240. The number of hydrogen-bond acceptors (Lipinski definition) is 6. The zero-order chi connectivity index (χ0) is 23.0. The van der Waals surface area contributed by atoms with E-state index in [0.29, 0.717) is 30.3 Å². The Kier molecular flexibility index (Phi) is 8.04. The monoisotopic (exact) mass is 495 g/mol. The maximum atomic E-state index is 13.2. The number of thiophene rings is 2. The normalized spacial score (nSPS) is 10.8. The van der Waals surface area contributed by atoms with Crippen LogP contribution in [0.5, 0.6) is 0 Å². The molecular weight excluding hydrogens is 470 g/mol. The summed E-state index contributed by atoms with van der Waals surface area (Å²) >= 11 is 4.63. The van der Waals surface area contributed by atoms with Crippen molar-refractivity contribution < 1.29 is 9.59 Å². The van der Waals surface area contributed by atoms with Gasteiger partial charge in [-0.1, -0.05) is 36.4 Å². The molecule has 4 aromatic rings. The van der Waals surface area contributed by atoms with Gasteiger partial charge < -0.3 is 10.2 Å². The van der Waals surface area contributed by atoms with Crippen LogP contribution >= 0.6 is 34.0 Å². The molecule has 33 heavy (non-hydrogen) atoms. The van der Waals surface area contributed by atoms with E-state index in [1.807, 2.05) is 46.0 Å². The third-order valence-electron chi connectivity index (χ3n) is 5.05. The zero-order valence-corrected chi connectivity index (χ0v) is 20.8. The van der Waals surface area contributed by atoms with Gasteiger partial charge in [-0.2, -0.15) is 0 Å². The molecule has 0 unspecified atom stereocenters. The van der Waals surface area contributed by atoms with Crippen LogP contribution in [0.3, 0.4) is 0 Å². The van der Waals surface area contributed by atoms with Crippen molar-refractivity contribution in [1.29, 1.82) is 0 Å². The number of nitrogens with zero attached hydrogens (tertiary/aromatic N) is 2. The molecule has 0 fully saturated rings. The Hall–Kier alpha value is -2.81. The van der Waals surface area contributed by atoms with Gasteiger partial charge in [0.05, 0.1) is 25.1 Å². The Labute approximate surface area is 205 Å². The van der Waals surface area contributed by atoms with E-state index < -0.39 is 0 Å². The first-order valence-corrected chi connectivity index (χ1v) is 13.3. The minimum Gasteiger partial charge on any atom is -0.337 e. The molecule has 0 bridgehead atoms. The number of aromatic nitrogens is 1. The molecule has 5 nitrogen and oxygen atoms in total. The summed E-state index contributed by atoms with van der Waals surface area (Å²) in [6.07, 6.45) is 1.35. The largest absolute Gasteiger partial charge is 0.337 e. The van der Waals surface area contributed by atoms with E-state index in [4.69, 9.17) is 0 Å². The summed E-state index contributed by atoms with van der Waals surface area (Å²) in [4.78, 5) is 35.2. The number of amides is 2. The van der Waals surface area contributed by atoms with Gasteiger partial charge in [0.15, 0.2) is 5.13 Å². The molecule has 0 aliphatic heterocycles. The molecule has 0 spiro atoms. The molecule has 0 saturated heterocycles.